The summed E-state index contributed by atoms with van der Waals surface area (Å²) >= 11 is 0. The molecule has 0 unspecified atom stereocenters. The molecule has 28 heavy (non-hydrogen) atoms. The van der Waals surface area contributed by atoms with Crippen LogP contribution in [0.15, 0.2) is 18.2 Å². The minimum atomic E-state index is -1.11. The number of aliphatic carboxylic acids is 1. The summed E-state index contributed by atoms with van der Waals surface area (Å²) in [4.78, 5) is 25.4. The summed E-state index contributed by atoms with van der Waals surface area (Å²) in [5.74, 6) is -0.648. The molecule has 1 aromatic carbocycles. The van der Waals surface area contributed by atoms with Gasteiger partial charge in [0.05, 0.1) is 0 Å². The van der Waals surface area contributed by atoms with Crippen molar-refractivity contribution < 1.29 is 28.6 Å². The zero-order valence-electron chi connectivity index (χ0n) is 16.5. The maximum Gasteiger partial charge on any atom is 0.408 e. The maximum absolute atomic E-state index is 13.4. The van der Waals surface area contributed by atoms with Crippen LogP contribution in [0.1, 0.15) is 39.2 Å². The molecule has 1 saturated heterocycles. The van der Waals surface area contributed by atoms with Gasteiger partial charge in [-0.05, 0) is 39.0 Å². The molecule has 7 nitrogen and oxygen atoms in total. The minimum Gasteiger partial charge on any atom is -0.487 e. The van der Waals surface area contributed by atoms with Gasteiger partial charge < -0.3 is 24.8 Å². The van der Waals surface area contributed by atoms with E-state index in [9.17, 15) is 19.1 Å². The number of alkyl carbamates (subject to hydrolysis) is 1. The Kier molecular flexibility index (Phi) is 5.52. The van der Waals surface area contributed by atoms with Crippen LogP contribution in [0, 0.1) is 5.82 Å². The third-order valence-corrected chi connectivity index (χ3v) is 5.06. The second-order valence-corrected chi connectivity index (χ2v) is 8.55. The molecule has 1 spiro atoms. The van der Waals surface area contributed by atoms with Crippen LogP contribution < -0.4 is 10.1 Å². The van der Waals surface area contributed by atoms with Gasteiger partial charge in [-0.15, -0.1) is 0 Å². The van der Waals surface area contributed by atoms with Gasteiger partial charge in [-0.3, -0.25) is 0 Å². The zero-order valence-corrected chi connectivity index (χ0v) is 16.5. The molecule has 0 bridgehead atoms. The summed E-state index contributed by atoms with van der Waals surface area (Å²) in [5, 5.41) is 11.9. The molecule has 0 aromatic heterocycles. The highest BCUT2D eigenvalue weighted by atomic mass is 19.1. The number of carbonyl (C=O) groups is 2. The lowest BCUT2D eigenvalue weighted by molar-refractivity contribution is -0.140. The summed E-state index contributed by atoms with van der Waals surface area (Å²) in [6.07, 6.45) is 1.33. The van der Waals surface area contributed by atoms with Crippen LogP contribution in [0.3, 0.4) is 0 Å². The van der Waals surface area contributed by atoms with E-state index in [0.29, 0.717) is 32.4 Å². The number of rotatable bonds is 4. The molecule has 2 N–H and O–H groups in total. The van der Waals surface area contributed by atoms with E-state index >= 15 is 0 Å². The fourth-order valence-electron chi connectivity index (χ4n) is 3.72. The van der Waals surface area contributed by atoms with Gasteiger partial charge in [0, 0.05) is 44.5 Å². The first-order valence-corrected chi connectivity index (χ1v) is 9.47. The van der Waals surface area contributed by atoms with Crippen molar-refractivity contribution in [1.82, 2.24) is 10.2 Å². The number of ether oxygens (including phenoxy) is 2. The highest BCUT2D eigenvalue weighted by Gasteiger charge is 2.42. The Bertz CT molecular complexity index is 753. The molecule has 1 amide bonds. The van der Waals surface area contributed by atoms with E-state index < -0.39 is 23.7 Å². The van der Waals surface area contributed by atoms with Crippen molar-refractivity contribution in [3.05, 3.63) is 29.6 Å². The van der Waals surface area contributed by atoms with E-state index in [2.05, 4.69) is 5.32 Å². The number of piperidine rings is 1. The number of fused-ring (bicyclic) bond motifs is 1. The fourth-order valence-corrected chi connectivity index (χ4v) is 3.72. The van der Waals surface area contributed by atoms with Gasteiger partial charge in [-0.2, -0.15) is 0 Å². The van der Waals surface area contributed by atoms with Crippen molar-refractivity contribution in [2.45, 2.75) is 57.3 Å². The number of hydrogen-bond acceptors (Lipinski definition) is 5. The van der Waals surface area contributed by atoms with E-state index in [1.165, 1.54) is 12.1 Å². The van der Waals surface area contributed by atoms with E-state index in [4.69, 9.17) is 9.47 Å². The standard InChI is InChI=1S/C20H27FN2O5/c1-19(2,3)28-18(26)22-15(17(24)25)12-23-8-6-20(7-9-23)11-13-10-14(21)4-5-16(13)27-20/h4-5,10,15H,6-9,11-12H2,1-3H3,(H,22,26)(H,24,25)/t15-/m0/s1. The zero-order chi connectivity index (χ0) is 20.5. The normalized spacial score (nSPS) is 19.6. The lowest BCUT2D eigenvalue weighted by atomic mass is 9.87. The third kappa shape index (κ3) is 4.92. The average Bonchev–Trinajstić information content (AvgIpc) is 2.91. The van der Waals surface area contributed by atoms with Crippen molar-refractivity contribution in [2.75, 3.05) is 19.6 Å². The Hall–Kier alpha value is -2.35. The topological polar surface area (TPSA) is 88.1 Å². The van der Waals surface area contributed by atoms with Crippen LogP contribution >= 0.6 is 0 Å². The van der Waals surface area contributed by atoms with Crippen molar-refractivity contribution in [3.63, 3.8) is 0 Å². The van der Waals surface area contributed by atoms with Crippen LogP contribution in [0.5, 0.6) is 5.75 Å². The van der Waals surface area contributed by atoms with Gasteiger partial charge in [0.2, 0.25) is 0 Å². The quantitative estimate of drug-likeness (QED) is 0.816. The molecule has 8 heteroatoms. The molecular formula is C20H27FN2O5. The molecule has 2 aliphatic rings. The number of nitrogens with zero attached hydrogens (tertiary/aromatic N) is 1. The fraction of sp³-hybridized carbons (Fsp3) is 0.600. The Morgan fingerprint density at radius 2 is 2.04 bits per heavy atom. The first-order valence-electron chi connectivity index (χ1n) is 9.47. The molecule has 1 atom stereocenters. The second kappa shape index (κ2) is 7.58. The Balaban J connectivity index is 1.54. The lowest BCUT2D eigenvalue weighted by Gasteiger charge is -2.39. The van der Waals surface area contributed by atoms with Crippen molar-refractivity contribution in [2.24, 2.45) is 0 Å². The molecule has 1 aromatic rings. The maximum atomic E-state index is 13.4. The summed E-state index contributed by atoms with van der Waals surface area (Å²) in [6, 6.07) is 3.52. The molecule has 154 valence electrons. The first kappa shape index (κ1) is 20.4. The van der Waals surface area contributed by atoms with Gasteiger partial charge >= 0.3 is 12.1 Å². The molecule has 3 rings (SSSR count). The summed E-state index contributed by atoms with van der Waals surface area (Å²) in [7, 11) is 0. The van der Waals surface area contributed by atoms with Crippen molar-refractivity contribution >= 4 is 12.1 Å². The van der Waals surface area contributed by atoms with Gasteiger partial charge in [0.15, 0.2) is 0 Å². The highest BCUT2D eigenvalue weighted by Crippen LogP contribution is 2.41. The number of hydrogen-bond donors (Lipinski definition) is 2. The lowest BCUT2D eigenvalue weighted by Crippen LogP contribution is -2.54. The smallest absolute Gasteiger partial charge is 0.408 e. The predicted octanol–water partition coefficient (Wildman–Crippen LogP) is 2.57. The minimum absolute atomic E-state index is 0.187. The predicted molar refractivity (Wildman–Crippen MR) is 99.9 cm³/mol. The number of carbonyl (C=O) groups excluding carboxylic acids is 1. The van der Waals surface area contributed by atoms with Crippen LogP contribution in [0.25, 0.3) is 0 Å². The summed E-state index contributed by atoms with van der Waals surface area (Å²) in [5.41, 5.74) is -0.175. The van der Waals surface area contributed by atoms with Crippen LogP contribution in [0.4, 0.5) is 9.18 Å². The third-order valence-electron chi connectivity index (χ3n) is 5.06. The van der Waals surface area contributed by atoms with Gasteiger partial charge in [0.1, 0.15) is 28.8 Å². The van der Waals surface area contributed by atoms with Crippen LogP contribution in [0.2, 0.25) is 0 Å². The summed E-state index contributed by atoms with van der Waals surface area (Å²) in [6.45, 7) is 6.62. The molecule has 0 aliphatic carbocycles. The Morgan fingerprint density at radius 1 is 1.36 bits per heavy atom. The van der Waals surface area contributed by atoms with Crippen molar-refractivity contribution in [1.29, 1.82) is 0 Å². The number of carboxylic acids is 1. The molecule has 0 radical (unpaired) electrons. The Morgan fingerprint density at radius 3 is 2.64 bits per heavy atom. The Labute approximate surface area is 163 Å². The average molecular weight is 394 g/mol. The van der Waals surface area contributed by atoms with Crippen LogP contribution in [-0.4, -0.2) is 58.9 Å². The largest absolute Gasteiger partial charge is 0.487 e. The van der Waals surface area contributed by atoms with Gasteiger partial charge in [-0.1, -0.05) is 0 Å². The molecule has 1 fully saturated rings. The van der Waals surface area contributed by atoms with E-state index in [1.54, 1.807) is 26.8 Å². The number of benzene rings is 1. The van der Waals surface area contributed by atoms with E-state index in [0.717, 1.165) is 11.3 Å². The van der Waals surface area contributed by atoms with Gasteiger partial charge in [-0.25, -0.2) is 14.0 Å². The molecule has 2 aliphatic heterocycles. The second-order valence-electron chi connectivity index (χ2n) is 8.55. The number of amides is 1. The first-order chi connectivity index (χ1) is 13.1. The monoisotopic (exact) mass is 394 g/mol. The van der Waals surface area contributed by atoms with Crippen LogP contribution in [-0.2, 0) is 16.0 Å². The highest BCUT2D eigenvalue weighted by molar-refractivity contribution is 5.80. The number of carboxylic acid groups (broad SMARTS) is 1. The summed E-state index contributed by atoms with van der Waals surface area (Å²) < 4.78 is 24.7. The van der Waals surface area contributed by atoms with Gasteiger partial charge in [0.25, 0.3) is 0 Å². The number of nitrogens with one attached hydrogen (secondary N) is 1. The van der Waals surface area contributed by atoms with Crippen molar-refractivity contribution in [3.8, 4) is 5.75 Å². The van der Waals surface area contributed by atoms with E-state index in [1.807, 2.05) is 4.90 Å². The SMILES string of the molecule is CC(C)(C)OC(=O)N[C@@H](CN1CCC2(CC1)Cc1cc(F)ccc1O2)C(=O)O. The molecule has 2 heterocycles. The number of halogens is 1. The molecular weight excluding hydrogens is 367 g/mol. The molecule has 0 saturated carbocycles. The number of likely N-dealkylation sites (tertiary alicyclic amines) is 1. The van der Waals surface area contributed by atoms with E-state index in [-0.39, 0.29) is 18.0 Å².